The van der Waals surface area contributed by atoms with Crippen LogP contribution in [-0.2, 0) is 7.05 Å². The van der Waals surface area contributed by atoms with Gasteiger partial charge in [0.1, 0.15) is 5.82 Å². The Hall–Kier alpha value is -1.95. The van der Waals surface area contributed by atoms with E-state index in [9.17, 15) is 4.39 Å². The number of nitrogen functional groups attached to an aromatic ring is 1. The van der Waals surface area contributed by atoms with Crippen LogP contribution in [0.4, 0.5) is 10.2 Å². The number of ether oxygens (including phenoxy) is 2. The standard InChI is InChI=1S/C12H13ClFN3O2/c1-17-12(15)6(5-16-17)9-10(14)7(13)4-8(18-2)11(9)19-3/h4-5H,15H2,1-3H3. The van der Waals surface area contributed by atoms with E-state index in [1.54, 1.807) is 7.05 Å². The molecule has 102 valence electrons. The van der Waals surface area contributed by atoms with E-state index in [4.69, 9.17) is 26.8 Å². The molecule has 0 saturated heterocycles. The van der Waals surface area contributed by atoms with E-state index in [1.807, 2.05) is 0 Å². The molecule has 0 unspecified atom stereocenters. The van der Waals surface area contributed by atoms with E-state index in [0.29, 0.717) is 17.1 Å². The van der Waals surface area contributed by atoms with E-state index < -0.39 is 5.82 Å². The summed E-state index contributed by atoms with van der Waals surface area (Å²) in [5, 5.41) is 3.91. The monoisotopic (exact) mass is 285 g/mol. The average molecular weight is 286 g/mol. The van der Waals surface area contributed by atoms with Crippen molar-refractivity contribution in [1.82, 2.24) is 9.78 Å². The lowest BCUT2D eigenvalue weighted by Crippen LogP contribution is -2.01. The van der Waals surface area contributed by atoms with Gasteiger partial charge >= 0.3 is 0 Å². The van der Waals surface area contributed by atoms with Crippen molar-refractivity contribution in [2.75, 3.05) is 20.0 Å². The van der Waals surface area contributed by atoms with Gasteiger partial charge in [-0.1, -0.05) is 11.6 Å². The van der Waals surface area contributed by atoms with Gasteiger partial charge in [-0.15, -0.1) is 0 Å². The Balaban J connectivity index is 2.81. The molecule has 7 heteroatoms. The average Bonchev–Trinajstić information content (AvgIpc) is 2.72. The highest BCUT2D eigenvalue weighted by Crippen LogP contribution is 2.44. The van der Waals surface area contributed by atoms with Gasteiger partial charge in [0.15, 0.2) is 17.3 Å². The maximum Gasteiger partial charge on any atom is 0.171 e. The molecule has 19 heavy (non-hydrogen) atoms. The van der Waals surface area contributed by atoms with E-state index in [1.165, 1.54) is 31.2 Å². The number of nitrogens with two attached hydrogens (primary N) is 1. The number of aryl methyl sites for hydroxylation is 1. The largest absolute Gasteiger partial charge is 0.493 e. The van der Waals surface area contributed by atoms with E-state index in [-0.39, 0.29) is 16.3 Å². The Labute approximate surface area is 114 Å². The number of nitrogens with zero attached hydrogens (tertiary/aromatic N) is 2. The Bertz CT molecular complexity index is 628. The zero-order valence-electron chi connectivity index (χ0n) is 10.7. The van der Waals surface area contributed by atoms with Crippen molar-refractivity contribution in [3.05, 3.63) is 23.1 Å². The van der Waals surface area contributed by atoms with Crippen LogP contribution in [0.1, 0.15) is 0 Å². The fraction of sp³-hybridized carbons (Fsp3) is 0.250. The minimum Gasteiger partial charge on any atom is -0.493 e. The fourth-order valence-corrected chi connectivity index (χ4v) is 2.01. The Morgan fingerprint density at radius 2 is 2.05 bits per heavy atom. The van der Waals surface area contributed by atoms with Crippen molar-refractivity contribution in [2.45, 2.75) is 0 Å². The van der Waals surface area contributed by atoms with Crippen molar-refractivity contribution in [2.24, 2.45) is 7.05 Å². The quantitative estimate of drug-likeness (QED) is 0.941. The number of benzene rings is 1. The van der Waals surface area contributed by atoms with Gasteiger partial charge < -0.3 is 15.2 Å². The maximum atomic E-state index is 14.3. The third-order valence-corrected chi connectivity index (χ3v) is 3.09. The van der Waals surface area contributed by atoms with Crippen molar-refractivity contribution in [3.63, 3.8) is 0 Å². The molecule has 0 atom stereocenters. The predicted molar refractivity (Wildman–Crippen MR) is 71.1 cm³/mol. The van der Waals surface area contributed by atoms with Gasteiger partial charge in [0.25, 0.3) is 0 Å². The minimum absolute atomic E-state index is 0.0732. The molecule has 1 aromatic carbocycles. The van der Waals surface area contributed by atoms with Gasteiger partial charge in [-0.2, -0.15) is 5.10 Å². The Morgan fingerprint density at radius 1 is 1.37 bits per heavy atom. The van der Waals surface area contributed by atoms with Crippen LogP contribution in [0, 0.1) is 5.82 Å². The van der Waals surface area contributed by atoms with Crippen LogP contribution in [0.25, 0.3) is 11.1 Å². The lowest BCUT2D eigenvalue weighted by Gasteiger charge is -2.14. The van der Waals surface area contributed by atoms with Crippen LogP contribution < -0.4 is 15.2 Å². The molecule has 2 aromatic rings. The zero-order chi connectivity index (χ0) is 14.2. The summed E-state index contributed by atoms with van der Waals surface area (Å²) >= 11 is 5.86. The van der Waals surface area contributed by atoms with Crippen LogP contribution in [0.15, 0.2) is 12.3 Å². The van der Waals surface area contributed by atoms with Gasteiger partial charge in [-0.25, -0.2) is 4.39 Å². The number of hydrogen-bond donors (Lipinski definition) is 1. The van der Waals surface area contributed by atoms with Crippen LogP contribution in [0.5, 0.6) is 11.5 Å². The van der Waals surface area contributed by atoms with E-state index in [0.717, 1.165) is 0 Å². The molecular weight excluding hydrogens is 273 g/mol. The molecule has 0 aliphatic carbocycles. The summed E-state index contributed by atoms with van der Waals surface area (Å²) in [5.41, 5.74) is 6.40. The van der Waals surface area contributed by atoms with Gasteiger partial charge in [0.05, 0.1) is 36.6 Å². The van der Waals surface area contributed by atoms with Crippen LogP contribution in [0.2, 0.25) is 5.02 Å². The number of aromatic nitrogens is 2. The molecule has 0 aliphatic rings. The Morgan fingerprint density at radius 3 is 2.53 bits per heavy atom. The molecule has 1 aromatic heterocycles. The third kappa shape index (κ3) is 2.08. The fourth-order valence-electron chi connectivity index (χ4n) is 1.82. The highest BCUT2D eigenvalue weighted by atomic mass is 35.5. The summed E-state index contributed by atoms with van der Waals surface area (Å²) in [7, 11) is 4.52. The molecule has 2 rings (SSSR count). The second-order valence-electron chi connectivity index (χ2n) is 3.85. The molecular formula is C12H13ClFN3O2. The molecule has 0 spiro atoms. The summed E-state index contributed by atoms with van der Waals surface area (Å²) in [6.07, 6.45) is 1.45. The molecule has 0 fully saturated rings. The smallest absolute Gasteiger partial charge is 0.171 e. The maximum absolute atomic E-state index is 14.3. The first-order chi connectivity index (χ1) is 9.01. The summed E-state index contributed by atoms with van der Waals surface area (Å²) in [4.78, 5) is 0. The SMILES string of the molecule is COc1cc(Cl)c(F)c(-c2cnn(C)c2N)c1OC. The number of anilines is 1. The van der Waals surface area contributed by atoms with Crippen LogP contribution in [0.3, 0.4) is 0 Å². The summed E-state index contributed by atoms with van der Waals surface area (Å²) in [5.74, 6) is 0.233. The lowest BCUT2D eigenvalue weighted by molar-refractivity contribution is 0.354. The number of hydrogen-bond acceptors (Lipinski definition) is 4. The van der Waals surface area contributed by atoms with Crippen molar-refractivity contribution in [1.29, 1.82) is 0 Å². The molecule has 2 N–H and O–H groups in total. The predicted octanol–water partition coefficient (Wildman–Crippen LogP) is 2.48. The molecule has 0 bridgehead atoms. The number of rotatable bonds is 3. The zero-order valence-corrected chi connectivity index (χ0v) is 11.5. The Kier molecular flexibility index (Phi) is 3.53. The molecule has 0 radical (unpaired) electrons. The topological polar surface area (TPSA) is 62.3 Å². The van der Waals surface area contributed by atoms with Crippen LogP contribution >= 0.6 is 11.6 Å². The second kappa shape index (κ2) is 4.97. The van der Waals surface area contributed by atoms with Crippen molar-refractivity contribution < 1.29 is 13.9 Å². The van der Waals surface area contributed by atoms with Gasteiger partial charge in [0, 0.05) is 13.1 Å². The lowest BCUT2D eigenvalue weighted by atomic mass is 10.1. The first-order valence-corrected chi connectivity index (χ1v) is 5.76. The summed E-state index contributed by atoms with van der Waals surface area (Å²) in [6, 6.07) is 1.35. The second-order valence-corrected chi connectivity index (χ2v) is 4.26. The molecule has 5 nitrogen and oxygen atoms in total. The first kappa shape index (κ1) is 13.5. The molecule has 1 heterocycles. The van der Waals surface area contributed by atoms with Crippen LogP contribution in [-0.4, -0.2) is 24.0 Å². The molecule has 0 amide bonds. The minimum atomic E-state index is -0.626. The number of methoxy groups -OCH3 is 2. The highest BCUT2D eigenvalue weighted by molar-refractivity contribution is 6.31. The summed E-state index contributed by atoms with van der Waals surface area (Å²) in [6.45, 7) is 0. The van der Waals surface area contributed by atoms with E-state index in [2.05, 4.69) is 5.10 Å². The van der Waals surface area contributed by atoms with Crippen molar-refractivity contribution >= 4 is 17.4 Å². The highest BCUT2D eigenvalue weighted by Gasteiger charge is 2.23. The number of halogens is 2. The van der Waals surface area contributed by atoms with Gasteiger partial charge in [-0.05, 0) is 0 Å². The molecule has 0 saturated carbocycles. The normalized spacial score (nSPS) is 10.6. The van der Waals surface area contributed by atoms with Crippen molar-refractivity contribution in [3.8, 4) is 22.6 Å². The van der Waals surface area contributed by atoms with Gasteiger partial charge in [-0.3, -0.25) is 4.68 Å². The molecule has 0 aliphatic heterocycles. The van der Waals surface area contributed by atoms with E-state index >= 15 is 0 Å². The summed E-state index contributed by atoms with van der Waals surface area (Å²) < 4.78 is 26.1. The first-order valence-electron chi connectivity index (χ1n) is 5.39. The third-order valence-electron chi connectivity index (χ3n) is 2.82. The van der Waals surface area contributed by atoms with Gasteiger partial charge in [0.2, 0.25) is 0 Å².